The summed E-state index contributed by atoms with van der Waals surface area (Å²) in [5.74, 6) is -1.04. The average Bonchev–Trinajstić information content (AvgIpc) is 2.26. The van der Waals surface area contributed by atoms with Crippen molar-refractivity contribution in [2.24, 2.45) is 5.41 Å². The van der Waals surface area contributed by atoms with Crippen molar-refractivity contribution < 1.29 is 15.0 Å². The van der Waals surface area contributed by atoms with Crippen molar-refractivity contribution in [2.45, 2.75) is 33.2 Å². The van der Waals surface area contributed by atoms with Crippen LogP contribution in [-0.4, -0.2) is 28.8 Å². The molecule has 1 rings (SSSR count). The van der Waals surface area contributed by atoms with Crippen LogP contribution in [-0.2, 0) is 0 Å². The maximum absolute atomic E-state index is 10.9. The van der Waals surface area contributed by atoms with Crippen LogP contribution in [0.4, 0.5) is 5.69 Å². The summed E-state index contributed by atoms with van der Waals surface area (Å²) in [4.78, 5) is 10.9. The van der Waals surface area contributed by atoms with Gasteiger partial charge in [0.25, 0.3) is 0 Å². The minimum Gasteiger partial charge on any atom is -0.478 e. The molecule has 0 bridgehead atoms. The van der Waals surface area contributed by atoms with Gasteiger partial charge in [0, 0.05) is 18.3 Å². The van der Waals surface area contributed by atoms with Crippen LogP contribution in [0.1, 0.15) is 37.6 Å². The fourth-order valence-electron chi connectivity index (χ4n) is 1.83. The summed E-state index contributed by atoms with van der Waals surface area (Å²) in [5.41, 5.74) is 0.811. The lowest BCUT2D eigenvalue weighted by atomic mass is 9.85. The standard InChI is InChI=1S/C14H20ClNO3/c1-14(2,3)12(6-7-17)16-9-4-5-10(13(18)19)11(15)8-9/h4-5,8,12,16-17H,6-7H2,1-3H3,(H,18,19). The van der Waals surface area contributed by atoms with Crippen molar-refractivity contribution >= 4 is 23.3 Å². The highest BCUT2D eigenvalue weighted by molar-refractivity contribution is 6.33. The van der Waals surface area contributed by atoms with E-state index in [9.17, 15) is 4.79 Å². The van der Waals surface area contributed by atoms with Gasteiger partial charge in [0.2, 0.25) is 0 Å². The molecule has 1 unspecified atom stereocenters. The first-order chi connectivity index (χ1) is 8.75. The van der Waals surface area contributed by atoms with Crippen molar-refractivity contribution in [3.8, 4) is 0 Å². The molecule has 19 heavy (non-hydrogen) atoms. The zero-order chi connectivity index (χ0) is 14.6. The number of hydrogen-bond acceptors (Lipinski definition) is 3. The second kappa shape index (κ2) is 6.26. The van der Waals surface area contributed by atoms with Gasteiger partial charge in [-0.1, -0.05) is 32.4 Å². The van der Waals surface area contributed by atoms with E-state index in [1.807, 2.05) is 0 Å². The minimum atomic E-state index is -1.04. The van der Waals surface area contributed by atoms with Gasteiger partial charge in [0.1, 0.15) is 0 Å². The molecule has 0 radical (unpaired) electrons. The molecule has 0 aliphatic carbocycles. The van der Waals surface area contributed by atoms with Gasteiger partial charge in [-0.25, -0.2) is 4.79 Å². The molecule has 0 heterocycles. The first-order valence-electron chi connectivity index (χ1n) is 6.16. The third-order valence-electron chi connectivity index (χ3n) is 3.00. The van der Waals surface area contributed by atoms with Crippen molar-refractivity contribution in [3.63, 3.8) is 0 Å². The first-order valence-corrected chi connectivity index (χ1v) is 6.53. The number of anilines is 1. The monoisotopic (exact) mass is 285 g/mol. The topological polar surface area (TPSA) is 69.6 Å². The number of rotatable bonds is 5. The van der Waals surface area contributed by atoms with E-state index in [1.165, 1.54) is 6.07 Å². The van der Waals surface area contributed by atoms with Crippen molar-refractivity contribution in [2.75, 3.05) is 11.9 Å². The summed E-state index contributed by atoms with van der Waals surface area (Å²) in [6, 6.07) is 4.84. The Morgan fingerprint density at radius 2 is 2.05 bits per heavy atom. The summed E-state index contributed by atoms with van der Waals surface area (Å²) in [6.45, 7) is 6.32. The number of nitrogens with one attached hydrogen (secondary N) is 1. The predicted octanol–water partition coefficient (Wildman–Crippen LogP) is 3.25. The van der Waals surface area contributed by atoms with Crippen molar-refractivity contribution in [3.05, 3.63) is 28.8 Å². The molecule has 0 aliphatic heterocycles. The van der Waals surface area contributed by atoms with E-state index in [4.69, 9.17) is 21.8 Å². The zero-order valence-electron chi connectivity index (χ0n) is 11.4. The predicted molar refractivity (Wildman–Crippen MR) is 77.0 cm³/mol. The lowest BCUT2D eigenvalue weighted by Crippen LogP contribution is -2.34. The van der Waals surface area contributed by atoms with Crippen LogP contribution >= 0.6 is 11.6 Å². The van der Waals surface area contributed by atoms with Crippen molar-refractivity contribution in [1.29, 1.82) is 0 Å². The molecule has 0 fully saturated rings. The molecule has 1 aromatic rings. The van der Waals surface area contributed by atoms with Gasteiger partial charge in [0.15, 0.2) is 0 Å². The van der Waals surface area contributed by atoms with E-state index in [2.05, 4.69) is 26.1 Å². The third-order valence-corrected chi connectivity index (χ3v) is 3.32. The summed E-state index contributed by atoms with van der Waals surface area (Å²) < 4.78 is 0. The number of benzene rings is 1. The Labute approximate surface area is 118 Å². The molecule has 4 nitrogen and oxygen atoms in total. The van der Waals surface area contributed by atoms with Gasteiger partial charge in [-0.15, -0.1) is 0 Å². The Morgan fingerprint density at radius 3 is 2.47 bits per heavy atom. The second-order valence-electron chi connectivity index (χ2n) is 5.58. The van der Waals surface area contributed by atoms with Crippen LogP contribution in [0.5, 0.6) is 0 Å². The number of carboxylic acid groups (broad SMARTS) is 1. The minimum absolute atomic E-state index is 0.0271. The maximum Gasteiger partial charge on any atom is 0.337 e. The first kappa shape index (κ1) is 15.8. The molecule has 0 amide bonds. The number of carboxylic acids is 1. The zero-order valence-corrected chi connectivity index (χ0v) is 12.2. The number of hydrogen-bond donors (Lipinski definition) is 3. The van der Waals surface area contributed by atoms with E-state index in [0.29, 0.717) is 6.42 Å². The van der Waals surface area contributed by atoms with Crippen LogP contribution in [0, 0.1) is 5.41 Å². The van der Waals surface area contributed by atoms with E-state index in [-0.39, 0.29) is 28.6 Å². The van der Waals surface area contributed by atoms with Crippen LogP contribution in [0.3, 0.4) is 0 Å². The Kier molecular flexibility index (Phi) is 5.20. The van der Waals surface area contributed by atoms with Crippen molar-refractivity contribution in [1.82, 2.24) is 0 Å². The van der Waals surface area contributed by atoms with Crippen LogP contribution in [0.15, 0.2) is 18.2 Å². The molecule has 0 saturated heterocycles. The number of halogens is 1. The second-order valence-corrected chi connectivity index (χ2v) is 5.98. The van der Waals surface area contributed by atoms with Gasteiger partial charge < -0.3 is 15.5 Å². The quantitative estimate of drug-likeness (QED) is 0.777. The summed E-state index contributed by atoms with van der Waals surface area (Å²) in [5, 5.41) is 21.5. The molecule has 3 N–H and O–H groups in total. The Balaban J connectivity index is 2.92. The summed E-state index contributed by atoms with van der Waals surface area (Å²) in [7, 11) is 0. The molecule has 5 heteroatoms. The molecule has 0 aliphatic rings. The fraction of sp³-hybridized carbons (Fsp3) is 0.500. The van der Waals surface area contributed by atoms with E-state index in [0.717, 1.165) is 5.69 Å². The molecule has 0 aromatic heterocycles. The lowest BCUT2D eigenvalue weighted by molar-refractivity contribution is 0.0697. The molecular formula is C14H20ClNO3. The van der Waals surface area contributed by atoms with Crippen LogP contribution in [0.2, 0.25) is 5.02 Å². The van der Waals surface area contributed by atoms with Gasteiger partial charge >= 0.3 is 5.97 Å². The number of carbonyl (C=O) groups is 1. The highest BCUT2D eigenvalue weighted by atomic mass is 35.5. The number of aliphatic hydroxyl groups is 1. The van der Waals surface area contributed by atoms with Gasteiger partial charge in [-0.3, -0.25) is 0 Å². The number of aliphatic hydroxyl groups excluding tert-OH is 1. The van der Waals surface area contributed by atoms with Crippen LogP contribution < -0.4 is 5.32 Å². The largest absolute Gasteiger partial charge is 0.478 e. The van der Waals surface area contributed by atoms with E-state index >= 15 is 0 Å². The highest BCUT2D eigenvalue weighted by Gasteiger charge is 2.24. The lowest BCUT2D eigenvalue weighted by Gasteiger charge is -2.32. The van der Waals surface area contributed by atoms with Gasteiger partial charge in [-0.2, -0.15) is 0 Å². The normalized spacial score (nSPS) is 13.1. The Bertz CT molecular complexity index is 454. The van der Waals surface area contributed by atoms with Gasteiger partial charge in [-0.05, 0) is 30.0 Å². The van der Waals surface area contributed by atoms with Crippen LogP contribution in [0.25, 0.3) is 0 Å². The SMILES string of the molecule is CC(C)(C)C(CCO)Nc1ccc(C(=O)O)c(Cl)c1. The molecule has 1 atom stereocenters. The molecular weight excluding hydrogens is 266 g/mol. The maximum atomic E-state index is 10.9. The fourth-order valence-corrected chi connectivity index (χ4v) is 2.09. The van der Waals surface area contributed by atoms with E-state index < -0.39 is 5.97 Å². The van der Waals surface area contributed by atoms with Gasteiger partial charge in [0.05, 0.1) is 10.6 Å². The number of aromatic carboxylic acids is 1. The van der Waals surface area contributed by atoms with E-state index in [1.54, 1.807) is 12.1 Å². The Hall–Kier alpha value is -1.26. The highest BCUT2D eigenvalue weighted by Crippen LogP contribution is 2.27. The molecule has 1 aromatic carbocycles. The smallest absolute Gasteiger partial charge is 0.337 e. The molecule has 106 valence electrons. The molecule has 0 spiro atoms. The third kappa shape index (κ3) is 4.40. The molecule has 0 saturated carbocycles. The average molecular weight is 286 g/mol. The Morgan fingerprint density at radius 1 is 1.42 bits per heavy atom. The summed E-state index contributed by atoms with van der Waals surface area (Å²) in [6.07, 6.45) is 0.613. The summed E-state index contributed by atoms with van der Waals surface area (Å²) >= 11 is 5.93.